The van der Waals surface area contributed by atoms with Gasteiger partial charge in [-0.05, 0) is 32.1 Å². The van der Waals surface area contributed by atoms with Crippen LogP contribution < -0.4 is 15.0 Å². The highest BCUT2D eigenvalue weighted by molar-refractivity contribution is 7.88. The second kappa shape index (κ2) is 8.99. The van der Waals surface area contributed by atoms with Crippen LogP contribution in [0.5, 0.6) is 6.01 Å². The number of anilines is 1. The lowest BCUT2D eigenvalue weighted by atomic mass is 9.97. The molecule has 3 heterocycles. The maximum absolute atomic E-state index is 12.5. The zero-order valence-electron chi connectivity index (χ0n) is 16.4. The van der Waals surface area contributed by atoms with Crippen molar-refractivity contribution in [3.05, 3.63) is 5.82 Å². The van der Waals surface area contributed by atoms with Crippen LogP contribution in [0.25, 0.3) is 0 Å². The molecule has 0 unspecified atom stereocenters. The first kappa shape index (κ1) is 20.7. The maximum atomic E-state index is 12.5. The lowest BCUT2D eigenvalue weighted by molar-refractivity contribution is -0.126. The van der Waals surface area contributed by atoms with Crippen LogP contribution in [-0.2, 0) is 21.4 Å². The molecule has 1 amide bonds. The minimum Gasteiger partial charge on any atom is -0.467 e. The zero-order chi connectivity index (χ0) is 20.1. The molecule has 0 aromatic carbocycles. The van der Waals surface area contributed by atoms with Crippen LogP contribution in [0.4, 0.5) is 5.95 Å². The number of piperidine rings is 2. The third-order valence-electron chi connectivity index (χ3n) is 5.19. The summed E-state index contributed by atoms with van der Waals surface area (Å²) in [6.45, 7) is 2.73. The Balaban J connectivity index is 1.58. The number of carbonyl (C=O) groups excluding carboxylic acids is 1. The summed E-state index contributed by atoms with van der Waals surface area (Å²) < 4.78 is 29.8. The van der Waals surface area contributed by atoms with Crippen LogP contribution in [0, 0.1) is 5.92 Å². The van der Waals surface area contributed by atoms with E-state index in [-0.39, 0.29) is 24.4 Å². The van der Waals surface area contributed by atoms with Crippen LogP contribution >= 0.6 is 0 Å². The van der Waals surface area contributed by atoms with Crippen molar-refractivity contribution >= 4 is 21.9 Å². The Kier molecular flexibility index (Phi) is 6.65. The number of hydrogen-bond donors (Lipinski definition) is 1. The van der Waals surface area contributed by atoms with Gasteiger partial charge in [-0.25, -0.2) is 12.7 Å². The lowest BCUT2D eigenvalue weighted by Crippen LogP contribution is -2.42. The third-order valence-corrected chi connectivity index (χ3v) is 6.49. The number of amides is 1. The van der Waals surface area contributed by atoms with Crippen LogP contribution in [0.3, 0.4) is 0 Å². The van der Waals surface area contributed by atoms with E-state index in [0.717, 1.165) is 25.9 Å². The van der Waals surface area contributed by atoms with Gasteiger partial charge in [0.1, 0.15) is 0 Å². The van der Waals surface area contributed by atoms with Gasteiger partial charge in [0.25, 0.3) is 0 Å². The van der Waals surface area contributed by atoms with Crippen molar-refractivity contribution in [3.63, 3.8) is 0 Å². The molecule has 10 nitrogen and oxygen atoms in total. The van der Waals surface area contributed by atoms with Gasteiger partial charge in [-0.3, -0.25) is 4.79 Å². The first-order valence-electron chi connectivity index (χ1n) is 9.63. The highest BCUT2D eigenvalue weighted by Gasteiger charge is 2.29. The van der Waals surface area contributed by atoms with E-state index in [1.165, 1.54) is 24.1 Å². The van der Waals surface area contributed by atoms with E-state index in [0.29, 0.717) is 37.7 Å². The molecule has 156 valence electrons. The van der Waals surface area contributed by atoms with E-state index in [2.05, 4.69) is 25.2 Å². The van der Waals surface area contributed by atoms with Crippen molar-refractivity contribution in [1.82, 2.24) is 24.6 Å². The van der Waals surface area contributed by atoms with Crippen LogP contribution in [0.15, 0.2) is 0 Å². The summed E-state index contributed by atoms with van der Waals surface area (Å²) in [6.07, 6.45) is 5.64. The molecule has 0 saturated carbocycles. The van der Waals surface area contributed by atoms with Gasteiger partial charge in [0.2, 0.25) is 21.9 Å². The summed E-state index contributed by atoms with van der Waals surface area (Å²) in [4.78, 5) is 27.6. The van der Waals surface area contributed by atoms with Crippen LogP contribution in [-0.4, -0.2) is 73.1 Å². The van der Waals surface area contributed by atoms with Gasteiger partial charge in [0.15, 0.2) is 5.82 Å². The van der Waals surface area contributed by atoms with Crippen molar-refractivity contribution in [3.8, 4) is 6.01 Å². The van der Waals surface area contributed by atoms with E-state index in [9.17, 15) is 13.2 Å². The Hall–Kier alpha value is -2.01. The monoisotopic (exact) mass is 412 g/mol. The van der Waals surface area contributed by atoms with E-state index >= 15 is 0 Å². The standard InChI is InChI=1S/C17H28N6O4S/c1-27-17-20-14(19-16(21-17)22-8-4-3-5-9-22)12-18-15(24)13-6-10-23(11-7-13)28(2,25)26/h13H,3-12H2,1-2H3,(H,18,24). The molecule has 1 aromatic heterocycles. The first-order chi connectivity index (χ1) is 13.4. The van der Waals surface area contributed by atoms with Gasteiger partial charge in [0.05, 0.1) is 19.9 Å². The normalized spacial score (nSPS) is 19.4. The van der Waals surface area contributed by atoms with Crippen LogP contribution in [0.1, 0.15) is 37.9 Å². The fourth-order valence-corrected chi connectivity index (χ4v) is 4.43. The molecule has 2 saturated heterocycles. The molecular formula is C17H28N6O4S. The van der Waals surface area contributed by atoms with Crippen molar-refractivity contribution in [2.75, 3.05) is 44.4 Å². The highest BCUT2D eigenvalue weighted by Crippen LogP contribution is 2.20. The van der Waals surface area contributed by atoms with Gasteiger partial charge in [-0.15, -0.1) is 0 Å². The van der Waals surface area contributed by atoms with Gasteiger partial charge in [-0.1, -0.05) is 0 Å². The van der Waals surface area contributed by atoms with E-state index < -0.39 is 10.0 Å². The molecule has 2 fully saturated rings. The number of rotatable bonds is 6. The number of nitrogens with zero attached hydrogens (tertiary/aromatic N) is 5. The predicted octanol–water partition coefficient (Wildman–Crippen LogP) is 0.158. The quantitative estimate of drug-likeness (QED) is 0.702. The lowest BCUT2D eigenvalue weighted by Gasteiger charge is -2.29. The zero-order valence-corrected chi connectivity index (χ0v) is 17.2. The minimum absolute atomic E-state index is 0.105. The summed E-state index contributed by atoms with van der Waals surface area (Å²) in [5.74, 6) is 0.724. The molecule has 0 spiro atoms. The van der Waals surface area contributed by atoms with Gasteiger partial charge >= 0.3 is 6.01 Å². The molecule has 11 heteroatoms. The van der Waals surface area contributed by atoms with E-state index in [4.69, 9.17) is 4.74 Å². The van der Waals surface area contributed by atoms with Crippen molar-refractivity contribution in [2.24, 2.45) is 5.92 Å². The topological polar surface area (TPSA) is 118 Å². The van der Waals surface area contributed by atoms with Crippen molar-refractivity contribution in [1.29, 1.82) is 0 Å². The summed E-state index contributed by atoms with van der Waals surface area (Å²) in [7, 11) is -1.69. The number of ether oxygens (including phenoxy) is 1. The van der Waals surface area contributed by atoms with E-state index in [1.807, 2.05) is 0 Å². The number of methoxy groups -OCH3 is 1. The molecule has 28 heavy (non-hydrogen) atoms. The Morgan fingerprint density at radius 3 is 2.39 bits per heavy atom. The second-order valence-corrected chi connectivity index (χ2v) is 9.22. The van der Waals surface area contributed by atoms with Gasteiger partial charge in [0, 0.05) is 32.1 Å². The molecule has 0 bridgehead atoms. The molecular weight excluding hydrogens is 384 g/mol. The molecule has 2 aliphatic heterocycles. The number of carbonyl (C=O) groups is 1. The highest BCUT2D eigenvalue weighted by atomic mass is 32.2. The van der Waals surface area contributed by atoms with Crippen LogP contribution in [0.2, 0.25) is 0 Å². The molecule has 0 aliphatic carbocycles. The fraction of sp³-hybridized carbons (Fsp3) is 0.765. The first-order valence-corrected chi connectivity index (χ1v) is 11.5. The van der Waals surface area contributed by atoms with Crippen molar-refractivity contribution in [2.45, 2.75) is 38.6 Å². The molecule has 2 aliphatic rings. The summed E-state index contributed by atoms with van der Waals surface area (Å²) >= 11 is 0. The molecule has 1 N–H and O–H groups in total. The SMILES string of the molecule is COc1nc(CNC(=O)C2CCN(S(C)(=O)=O)CC2)nc(N2CCCCC2)n1. The molecule has 1 aromatic rings. The number of hydrogen-bond acceptors (Lipinski definition) is 8. The summed E-state index contributed by atoms with van der Waals surface area (Å²) in [5.41, 5.74) is 0. The Morgan fingerprint density at radius 2 is 1.79 bits per heavy atom. The van der Waals surface area contributed by atoms with Crippen molar-refractivity contribution < 1.29 is 17.9 Å². The third kappa shape index (κ3) is 5.28. The maximum Gasteiger partial charge on any atom is 0.321 e. The Morgan fingerprint density at radius 1 is 1.11 bits per heavy atom. The fourth-order valence-electron chi connectivity index (χ4n) is 3.55. The number of sulfonamides is 1. The van der Waals surface area contributed by atoms with Gasteiger partial charge < -0.3 is 15.0 Å². The second-order valence-electron chi connectivity index (χ2n) is 7.24. The Labute approximate surface area is 165 Å². The van der Waals surface area contributed by atoms with Gasteiger partial charge in [-0.2, -0.15) is 15.0 Å². The number of nitrogens with one attached hydrogen (secondary N) is 1. The van der Waals surface area contributed by atoms with E-state index in [1.54, 1.807) is 0 Å². The average Bonchev–Trinajstić information content (AvgIpc) is 2.72. The Bertz CT molecular complexity index is 789. The molecule has 0 radical (unpaired) electrons. The molecule has 3 rings (SSSR count). The summed E-state index contributed by atoms with van der Waals surface area (Å²) in [6, 6.07) is 0.237. The predicted molar refractivity (Wildman–Crippen MR) is 103 cm³/mol. The molecule has 0 atom stereocenters. The minimum atomic E-state index is -3.20. The number of aromatic nitrogens is 3. The average molecular weight is 413 g/mol. The summed E-state index contributed by atoms with van der Waals surface area (Å²) in [5, 5.41) is 2.87. The smallest absolute Gasteiger partial charge is 0.321 e. The largest absolute Gasteiger partial charge is 0.467 e.